The Bertz CT molecular complexity index is 900. The third kappa shape index (κ3) is 3.30. The second-order valence-corrected chi connectivity index (χ2v) is 8.31. The highest BCUT2D eigenvalue weighted by Gasteiger charge is 2.57. The molecule has 7 nitrogen and oxygen atoms in total. The van der Waals surface area contributed by atoms with Gasteiger partial charge in [-0.3, -0.25) is 4.79 Å². The van der Waals surface area contributed by atoms with Gasteiger partial charge in [0.05, 0.1) is 16.7 Å². The van der Waals surface area contributed by atoms with Crippen LogP contribution in [0.1, 0.15) is 33.6 Å². The first-order chi connectivity index (χ1) is 12.9. The Morgan fingerprint density at radius 2 is 2.07 bits per heavy atom. The molecule has 3 atom stereocenters. The summed E-state index contributed by atoms with van der Waals surface area (Å²) in [5.41, 5.74) is 1.33. The van der Waals surface area contributed by atoms with Crippen molar-refractivity contribution in [1.29, 1.82) is 0 Å². The van der Waals surface area contributed by atoms with Crippen LogP contribution in [0.3, 0.4) is 0 Å². The minimum atomic E-state index is -0.397. The topological polar surface area (TPSA) is 87.3 Å². The summed E-state index contributed by atoms with van der Waals surface area (Å²) in [5, 5.41) is 6.20. The minimum absolute atomic E-state index is 0.122. The fraction of sp³-hybridized carbons (Fsp3) is 0.471. The van der Waals surface area contributed by atoms with E-state index in [-0.39, 0.29) is 17.0 Å². The first-order valence-electron chi connectivity index (χ1n) is 8.62. The largest absolute Gasteiger partial charge is 0.461 e. The van der Waals surface area contributed by atoms with Crippen molar-refractivity contribution in [3.63, 3.8) is 0 Å². The molecule has 3 heterocycles. The molecule has 144 valence electrons. The SMILES string of the molecule is CCOC(=O)c1csc(N2C[C@@H]3[C@H](C2)[C@H]3NC(=O)c2[nH]c(C)c(Cl)c2Cl)n1. The highest BCUT2D eigenvalue weighted by Crippen LogP contribution is 2.47. The average Bonchev–Trinajstić information content (AvgIpc) is 3.09. The highest BCUT2D eigenvalue weighted by molar-refractivity contribution is 7.13. The Balaban J connectivity index is 1.34. The number of fused-ring (bicyclic) bond motifs is 1. The van der Waals surface area contributed by atoms with Crippen molar-refractivity contribution in [3.05, 3.63) is 32.5 Å². The quantitative estimate of drug-likeness (QED) is 0.714. The zero-order valence-electron chi connectivity index (χ0n) is 14.7. The zero-order chi connectivity index (χ0) is 19.3. The number of nitrogens with zero attached hydrogens (tertiary/aromatic N) is 2. The summed E-state index contributed by atoms with van der Waals surface area (Å²) >= 11 is 13.6. The highest BCUT2D eigenvalue weighted by atomic mass is 35.5. The van der Waals surface area contributed by atoms with E-state index in [9.17, 15) is 9.59 Å². The van der Waals surface area contributed by atoms with Crippen LogP contribution in [-0.2, 0) is 4.74 Å². The van der Waals surface area contributed by atoms with Crippen molar-refractivity contribution < 1.29 is 14.3 Å². The van der Waals surface area contributed by atoms with Crippen molar-refractivity contribution in [2.24, 2.45) is 11.8 Å². The van der Waals surface area contributed by atoms with Crippen LogP contribution in [0.2, 0.25) is 10.0 Å². The number of rotatable bonds is 5. The van der Waals surface area contributed by atoms with Crippen LogP contribution in [0, 0.1) is 18.8 Å². The van der Waals surface area contributed by atoms with E-state index in [2.05, 4.69) is 20.2 Å². The smallest absolute Gasteiger partial charge is 0.357 e. The summed E-state index contributed by atoms with van der Waals surface area (Å²) in [5.74, 6) is 0.106. The molecular weight excluding hydrogens is 411 g/mol. The van der Waals surface area contributed by atoms with Gasteiger partial charge in [0.25, 0.3) is 5.91 Å². The minimum Gasteiger partial charge on any atom is -0.461 e. The number of esters is 1. The number of hydrogen-bond acceptors (Lipinski definition) is 6. The monoisotopic (exact) mass is 428 g/mol. The van der Waals surface area contributed by atoms with Crippen molar-refractivity contribution >= 4 is 51.5 Å². The molecule has 1 saturated carbocycles. The molecule has 0 unspecified atom stereocenters. The number of hydrogen-bond donors (Lipinski definition) is 2. The summed E-state index contributed by atoms with van der Waals surface area (Å²) in [6, 6.07) is 0.122. The molecule has 2 fully saturated rings. The molecule has 1 aliphatic heterocycles. The second kappa shape index (κ2) is 7.00. The number of aromatic nitrogens is 2. The third-order valence-electron chi connectivity index (χ3n) is 5.02. The number of nitrogens with one attached hydrogen (secondary N) is 2. The number of anilines is 1. The summed E-state index contributed by atoms with van der Waals surface area (Å²) in [7, 11) is 0. The van der Waals surface area contributed by atoms with Crippen molar-refractivity contribution in [2.75, 3.05) is 24.6 Å². The van der Waals surface area contributed by atoms with E-state index in [1.54, 1.807) is 19.2 Å². The molecular formula is C17H18Cl2N4O3S. The number of carbonyl (C=O) groups is 2. The molecule has 0 aromatic carbocycles. The lowest BCUT2D eigenvalue weighted by atomic mass is 10.3. The van der Waals surface area contributed by atoms with Crippen LogP contribution in [0.25, 0.3) is 0 Å². The maximum atomic E-state index is 12.4. The average molecular weight is 429 g/mol. The number of thiazole rings is 1. The van der Waals surface area contributed by atoms with Crippen molar-refractivity contribution in [3.8, 4) is 0 Å². The van der Waals surface area contributed by atoms with Gasteiger partial charge in [-0.1, -0.05) is 23.2 Å². The van der Waals surface area contributed by atoms with E-state index in [1.807, 2.05) is 0 Å². The number of halogens is 2. The predicted octanol–water partition coefficient (Wildman–Crippen LogP) is 3.13. The van der Waals surface area contributed by atoms with Gasteiger partial charge < -0.3 is 19.9 Å². The molecule has 2 aromatic rings. The molecule has 2 aromatic heterocycles. The summed E-state index contributed by atoms with van der Waals surface area (Å²) in [6.07, 6.45) is 0. The Kier molecular flexibility index (Phi) is 4.82. The van der Waals surface area contributed by atoms with Gasteiger partial charge in [-0.05, 0) is 13.8 Å². The van der Waals surface area contributed by atoms with Gasteiger partial charge in [0.15, 0.2) is 10.8 Å². The van der Waals surface area contributed by atoms with E-state index in [4.69, 9.17) is 27.9 Å². The summed E-state index contributed by atoms with van der Waals surface area (Å²) in [4.78, 5) is 33.6. The molecule has 2 N–H and O–H groups in total. The molecule has 1 saturated heterocycles. The van der Waals surface area contributed by atoms with Gasteiger partial charge >= 0.3 is 5.97 Å². The number of ether oxygens (including phenoxy) is 1. The molecule has 4 rings (SSSR count). The fourth-order valence-corrected chi connectivity index (χ4v) is 4.79. The third-order valence-corrected chi connectivity index (χ3v) is 6.87. The fourth-order valence-electron chi connectivity index (χ4n) is 3.56. The number of piperidine rings is 1. The number of carbonyl (C=O) groups excluding carboxylic acids is 2. The Labute approximate surface area is 170 Å². The van der Waals surface area contributed by atoms with Gasteiger partial charge in [0.2, 0.25) is 0 Å². The Morgan fingerprint density at radius 1 is 1.37 bits per heavy atom. The Morgan fingerprint density at radius 3 is 2.67 bits per heavy atom. The molecule has 0 bridgehead atoms. The normalized spacial score (nSPS) is 23.3. The Hall–Kier alpha value is -1.77. The lowest BCUT2D eigenvalue weighted by molar-refractivity contribution is 0.0520. The van der Waals surface area contributed by atoms with Crippen LogP contribution in [0.15, 0.2) is 5.38 Å². The number of aryl methyl sites for hydroxylation is 1. The van der Waals surface area contributed by atoms with Gasteiger partial charge in [0, 0.05) is 42.0 Å². The van der Waals surface area contributed by atoms with E-state index in [0.29, 0.717) is 40.5 Å². The van der Waals surface area contributed by atoms with Crippen LogP contribution < -0.4 is 10.2 Å². The molecule has 0 spiro atoms. The lowest BCUT2D eigenvalue weighted by Crippen LogP contribution is -2.34. The van der Waals surface area contributed by atoms with Gasteiger partial charge in [-0.25, -0.2) is 9.78 Å². The standard InChI is InChI=1S/C17H18Cl2N4O3S/c1-3-26-16(25)10-6-27-17(21-10)23-4-8-9(5-23)13(8)22-15(24)14-12(19)11(18)7(2)20-14/h6,8-9,13,20H,3-5H2,1-2H3,(H,22,24)/t8-,9+,13+. The molecule has 10 heteroatoms. The number of H-pyrrole nitrogens is 1. The summed E-state index contributed by atoms with van der Waals surface area (Å²) in [6.45, 7) is 5.46. The van der Waals surface area contributed by atoms with E-state index in [0.717, 1.165) is 18.2 Å². The number of amides is 1. The van der Waals surface area contributed by atoms with Gasteiger partial charge in [-0.15, -0.1) is 11.3 Å². The molecule has 2 aliphatic rings. The van der Waals surface area contributed by atoms with Crippen molar-refractivity contribution in [1.82, 2.24) is 15.3 Å². The van der Waals surface area contributed by atoms with Gasteiger partial charge in [-0.2, -0.15) is 0 Å². The van der Waals surface area contributed by atoms with Crippen LogP contribution >= 0.6 is 34.5 Å². The van der Waals surface area contributed by atoms with E-state index in [1.165, 1.54) is 11.3 Å². The first kappa shape index (κ1) is 18.6. The van der Waals surface area contributed by atoms with E-state index >= 15 is 0 Å². The summed E-state index contributed by atoms with van der Waals surface area (Å²) < 4.78 is 4.97. The predicted molar refractivity (Wildman–Crippen MR) is 104 cm³/mol. The maximum Gasteiger partial charge on any atom is 0.357 e. The molecule has 27 heavy (non-hydrogen) atoms. The second-order valence-electron chi connectivity index (χ2n) is 6.72. The van der Waals surface area contributed by atoms with Gasteiger partial charge in [0.1, 0.15) is 5.69 Å². The van der Waals surface area contributed by atoms with E-state index < -0.39 is 5.97 Å². The van der Waals surface area contributed by atoms with Crippen molar-refractivity contribution in [2.45, 2.75) is 19.9 Å². The van der Waals surface area contributed by atoms with Crippen LogP contribution in [0.5, 0.6) is 0 Å². The lowest BCUT2D eigenvalue weighted by Gasteiger charge is -2.19. The number of aromatic amines is 1. The molecule has 1 amide bonds. The molecule has 1 aliphatic carbocycles. The molecule has 0 radical (unpaired) electrons. The van der Waals surface area contributed by atoms with Crippen LogP contribution in [0.4, 0.5) is 5.13 Å². The van der Waals surface area contributed by atoms with Crippen LogP contribution in [-0.4, -0.2) is 47.6 Å². The maximum absolute atomic E-state index is 12.4. The zero-order valence-corrected chi connectivity index (χ0v) is 17.0. The first-order valence-corrected chi connectivity index (χ1v) is 10.3.